The normalized spacial score (nSPS) is 18.6. The smallest absolute Gasteiger partial charge is 0.410 e. The van der Waals surface area contributed by atoms with E-state index in [4.69, 9.17) is 9.84 Å². The zero-order valence-electron chi connectivity index (χ0n) is 10.8. The van der Waals surface area contributed by atoms with Gasteiger partial charge in [-0.2, -0.15) is 0 Å². The molecule has 0 aliphatic carbocycles. The molecule has 108 valence electrons. The lowest BCUT2D eigenvalue weighted by molar-refractivity contribution is 0.0695. The molecule has 1 N–H and O–H groups in total. The van der Waals surface area contributed by atoms with Crippen LogP contribution in [0.5, 0.6) is 0 Å². The monoisotopic (exact) mass is 297 g/mol. The van der Waals surface area contributed by atoms with Gasteiger partial charge in [-0.1, -0.05) is 24.0 Å². The van der Waals surface area contributed by atoms with E-state index in [1.807, 2.05) is 0 Å². The molecule has 0 saturated carbocycles. The number of carboxylic acid groups (broad SMARTS) is 1. The van der Waals surface area contributed by atoms with Crippen LogP contribution in [0, 0.1) is 0 Å². The molecule has 1 aromatic heterocycles. The number of hydrogen-bond donors (Lipinski definition) is 1. The van der Waals surface area contributed by atoms with E-state index in [9.17, 15) is 9.59 Å². The molecule has 0 radical (unpaired) electrons. The van der Waals surface area contributed by atoms with E-state index >= 15 is 0 Å². The molecule has 0 bridgehead atoms. The van der Waals surface area contributed by atoms with Gasteiger partial charge in [0.1, 0.15) is 11.6 Å². The van der Waals surface area contributed by atoms with Crippen LogP contribution in [0.1, 0.15) is 33.6 Å². The van der Waals surface area contributed by atoms with Crippen LogP contribution < -0.4 is 0 Å². The lowest BCUT2D eigenvalue weighted by Crippen LogP contribution is -2.39. The van der Waals surface area contributed by atoms with Gasteiger partial charge in [0.25, 0.3) is 0 Å². The lowest BCUT2D eigenvalue weighted by Gasteiger charge is -2.30. The Kier molecular flexibility index (Phi) is 4.67. The Morgan fingerprint density at radius 2 is 2.35 bits per heavy atom. The Morgan fingerprint density at radius 1 is 1.55 bits per heavy atom. The number of hydrogen-bond acceptors (Lipinski definition) is 6. The number of nitrogens with zero attached hydrogens (tertiary/aromatic N) is 3. The van der Waals surface area contributed by atoms with Crippen molar-refractivity contribution in [3.63, 3.8) is 0 Å². The van der Waals surface area contributed by atoms with Crippen molar-refractivity contribution in [2.45, 2.75) is 18.8 Å². The minimum Gasteiger partial charge on any atom is -0.476 e. The molecular weight excluding hydrogens is 282 g/mol. The van der Waals surface area contributed by atoms with Crippen LogP contribution >= 0.6 is 11.3 Å². The molecule has 1 unspecified atom stereocenters. The summed E-state index contributed by atoms with van der Waals surface area (Å²) in [5.41, 5.74) is 0. The molecule has 0 aromatic carbocycles. The van der Waals surface area contributed by atoms with Crippen LogP contribution in [-0.2, 0) is 4.74 Å². The van der Waals surface area contributed by atoms with Crippen LogP contribution in [0.25, 0.3) is 0 Å². The Morgan fingerprint density at radius 3 is 3.00 bits per heavy atom. The molecule has 1 aromatic rings. The SMILES string of the molecule is C=CCOC(=O)N1CCCC(c2nnc(C(=O)O)s2)C1. The summed E-state index contributed by atoms with van der Waals surface area (Å²) in [6.45, 7) is 4.79. The van der Waals surface area contributed by atoms with Gasteiger partial charge in [-0.15, -0.1) is 10.2 Å². The quantitative estimate of drug-likeness (QED) is 0.851. The van der Waals surface area contributed by atoms with Crippen LogP contribution in [0.4, 0.5) is 4.79 Å². The first-order valence-corrected chi connectivity index (χ1v) is 7.02. The molecule has 1 aliphatic heterocycles. The number of carbonyl (C=O) groups is 2. The summed E-state index contributed by atoms with van der Waals surface area (Å²) in [6.07, 6.45) is 2.83. The molecule has 0 spiro atoms. The summed E-state index contributed by atoms with van der Waals surface area (Å²) in [6, 6.07) is 0. The molecule has 1 fully saturated rings. The second-order valence-electron chi connectivity index (χ2n) is 4.40. The van der Waals surface area contributed by atoms with Crippen LogP contribution in [0.15, 0.2) is 12.7 Å². The second-order valence-corrected chi connectivity index (χ2v) is 5.41. The van der Waals surface area contributed by atoms with Crippen LogP contribution in [0.3, 0.4) is 0 Å². The highest BCUT2D eigenvalue weighted by Gasteiger charge is 2.28. The Labute approximate surface area is 119 Å². The van der Waals surface area contributed by atoms with Gasteiger partial charge in [0.05, 0.1) is 0 Å². The van der Waals surface area contributed by atoms with Gasteiger partial charge >= 0.3 is 12.1 Å². The number of piperidine rings is 1. The zero-order chi connectivity index (χ0) is 14.5. The van der Waals surface area contributed by atoms with E-state index < -0.39 is 5.97 Å². The molecule has 20 heavy (non-hydrogen) atoms. The van der Waals surface area contributed by atoms with Crippen molar-refractivity contribution in [3.05, 3.63) is 22.7 Å². The van der Waals surface area contributed by atoms with Crippen molar-refractivity contribution < 1.29 is 19.4 Å². The fourth-order valence-corrected chi connectivity index (χ4v) is 2.86. The number of rotatable bonds is 4. The fourth-order valence-electron chi connectivity index (χ4n) is 2.05. The van der Waals surface area contributed by atoms with E-state index in [0.717, 1.165) is 24.2 Å². The molecule has 8 heteroatoms. The Hall–Kier alpha value is -1.96. The maximum absolute atomic E-state index is 11.8. The standard InChI is InChI=1S/C12H15N3O4S/c1-2-6-19-12(18)15-5-3-4-8(7-15)9-13-14-10(20-9)11(16)17/h2,8H,1,3-7H2,(H,16,17). The molecule has 1 saturated heterocycles. The number of carboxylic acids is 1. The van der Waals surface area contributed by atoms with Crippen LogP contribution in [-0.4, -0.2) is 52.0 Å². The first-order valence-electron chi connectivity index (χ1n) is 6.21. The topological polar surface area (TPSA) is 92.6 Å². The summed E-state index contributed by atoms with van der Waals surface area (Å²) in [7, 11) is 0. The number of aromatic nitrogens is 2. The predicted octanol–water partition coefficient (Wildman–Crippen LogP) is 1.74. The minimum atomic E-state index is -1.08. The third-order valence-corrected chi connectivity index (χ3v) is 4.05. The number of likely N-dealkylation sites (tertiary alicyclic amines) is 1. The summed E-state index contributed by atoms with van der Waals surface area (Å²) >= 11 is 1.06. The summed E-state index contributed by atoms with van der Waals surface area (Å²) < 4.78 is 5.00. The Bertz CT molecular complexity index is 517. The predicted molar refractivity (Wildman–Crippen MR) is 72.0 cm³/mol. The fraction of sp³-hybridized carbons (Fsp3) is 0.500. The lowest BCUT2D eigenvalue weighted by atomic mass is 9.99. The maximum Gasteiger partial charge on any atom is 0.410 e. The number of amides is 1. The molecule has 2 rings (SSSR count). The molecule has 1 atom stereocenters. The molecule has 7 nitrogen and oxygen atoms in total. The minimum absolute atomic E-state index is 0.0191. The Balaban J connectivity index is 2.00. The number of carbonyl (C=O) groups excluding carboxylic acids is 1. The maximum atomic E-state index is 11.8. The third kappa shape index (κ3) is 3.32. The van der Waals surface area contributed by atoms with Crippen molar-refractivity contribution >= 4 is 23.4 Å². The van der Waals surface area contributed by atoms with Crippen molar-refractivity contribution in [1.82, 2.24) is 15.1 Å². The summed E-state index contributed by atoms with van der Waals surface area (Å²) in [4.78, 5) is 24.2. The van der Waals surface area contributed by atoms with Crippen molar-refractivity contribution in [2.24, 2.45) is 0 Å². The first kappa shape index (κ1) is 14.4. The van der Waals surface area contributed by atoms with Gasteiger partial charge in [-0.3, -0.25) is 0 Å². The van der Waals surface area contributed by atoms with Crippen LogP contribution in [0.2, 0.25) is 0 Å². The summed E-state index contributed by atoms with van der Waals surface area (Å²) in [5, 5.41) is 17.0. The summed E-state index contributed by atoms with van der Waals surface area (Å²) in [5.74, 6) is -1.06. The van der Waals surface area contributed by atoms with Gasteiger partial charge in [0, 0.05) is 19.0 Å². The van der Waals surface area contributed by atoms with Gasteiger partial charge in [-0.25, -0.2) is 9.59 Å². The number of aromatic carboxylic acids is 1. The highest BCUT2D eigenvalue weighted by Crippen LogP contribution is 2.29. The third-order valence-electron chi connectivity index (χ3n) is 2.98. The van der Waals surface area contributed by atoms with E-state index in [-0.39, 0.29) is 23.6 Å². The van der Waals surface area contributed by atoms with Crippen molar-refractivity contribution in [3.8, 4) is 0 Å². The van der Waals surface area contributed by atoms with Crippen molar-refractivity contribution in [1.29, 1.82) is 0 Å². The van der Waals surface area contributed by atoms with Gasteiger partial charge in [-0.05, 0) is 12.8 Å². The average Bonchev–Trinajstić information content (AvgIpc) is 2.95. The van der Waals surface area contributed by atoms with E-state index in [2.05, 4.69) is 16.8 Å². The van der Waals surface area contributed by atoms with Gasteiger partial charge in [0.2, 0.25) is 5.01 Å². The molecule has 1 aliphatic rings. The zero-order valence-corrected chi connectivity index (χ0v) is 11.6. The van der Waals surface area contributed by atoms with E-state index in [1.165, 1.54) is 6.08 Å². The second kappa shape index (κ2) is 6.47. The van der Waals surface area contributed by atoms with Gasteiger partial charge < -0.3 is 14.7 Å². The average molecular weight is 297 g/mol. The highest BCUT2D eigenvalue weighted by molar-refractivity contribution is 7.13. The van der Waals surface area contributed by atoms with E-state index in [1.54, 1.807) is 4.90 Å². The number of ether oxygens (including phenoxy) is 1. The highest BCUT2D eigenvalue weighted by atomic mass is 32.1. The van der Waals surface area contributed by atoms with E-state index in [0.29, 0.717) is 18.1 Å². The first-order chi connectivity index (χ1) is 9.61. The molecule has 2 heterocycles. The van der Waals surface area contributed by atoms with Gasteiger partial charge in [0.15, 0.2) is 0 Å². The van der Waals surface area contributed by atoms with Crippen molar-refractivity contribution in [2.75, 3.05) is 19.7 Å². The largest absolute Gasteiger partial charge is 0.476 e. The molecule has 1 amide bonds. The molecular formula is C12H15N3O4S.